The molecule has 4 heteroatoms. The summed E-state index contributed by atoms with van der Waals surface area (Å²) >= 11 is 0. The van der Waals surface area contributed by atoms with Gasteiger partial charge in [-0.25, -0.2) is 9.97 Å². The van der Waals surface area contributed by atoms with Gasteiger partial charge in [-0.3, -0.25) is 0 Å². The summed E-state index contributed by atoms with van der Waals surface area (Å²) in [5.74, 6) is 0.772. The Balaban J connectivity index is 1.76. The summed E-state index contributed by atoms with van der Waals surface area (Å²) in [4.78, 5) is 8.53. The van der Waals surface area contributed by atoms with Crippen LogP contribution in [0.4, 0.5) is 5.82 Å². The Labute approximate surface area is 129 Å². The number of nitrogens with one attached hydrogen (secondary N) is 1. The van der Waals surface area contributed by atoms with Gasteiger partial charge in [0.25, 0.3) is 0 Å². The molecule has 0 unspecified atom stereocenters. The second-order valence-corrected chi connectivity index (χ2v) is 5.23. The largest absolute Gasteiger partial charge is 0.369 e. The molecule has 0 spiro atoms. The monoisotopic (exact) mass is 288 g/mol. The number of anilines is 1. The average Bonchev–Trinajstić information content (AvgIpc) is 2.56. The van der Waals surface area contributed by atoms with Crippen LogP contribution in [0.1, 0.15) is 16.7 Å². The van der Waals surface area contributed by atoms with Gasteiger partial charge in [-0.1, -0.05) is 29.8 Å². The minimum atomic E-state index is 0.615. The summed E-state index contributed by atoms with van der Waals surface area (Å²) in [6.07, 6.45) is 2.46. The zero-order valence-electron chi connectivity index (χ0n) is 12.4. The minimum Gasteiger partial charge on any atom is -0.369 e. The van der Waals surface area contributed by atoms with Crippen molar-refractivity contribution >= 4 is 16.7 Å². The van der Waals surface area contributed by atoms with Crippen molar-refractivity contribution in [1.29, 1.82) is 5.26 Å². The lowest BCUT2D eigenvalue weighted by molar-refractivity contribution is 1.00. The van der Waals surface area contributed by atoms with Crippen LogP contribution in [0.3, 0.4) is 0 Å². The molecule has 1 N–H and O–H groups in total. The number of nitrogens with zero attached hydrogens (tertiary/aromatic N) is 3. The Bertz CT molecular complexity index is 832. The highest BCUT2D eigenvalue weighted by atomic mass is 15.0. The maximum atomic E-state index is 9.02. The molecule has 0 bridgehead atoms. The van der Waals surface area contributed by atoms with E-state index in [0.717, 1.165) is 29.7 Å². The normalized spacial score (nSPS) is 10.4. The fourth-order valence-electron chi connectivity index (χ4n) is 2.35. The van der Waals surface area contributed by atoms with Crippen molar-refractivity contribution in [1.82, 2.24) is 9.97 Å². The molecule has 0 saturated carbocycles. The Morgan fingerprint density at radius 3 is 2.68 bits per heavy atom. The standard InChI is InChI=1S/C18H16N4/c1-13-2-4-14(5-3-13)8-9-20-18-16-10-15(11-19)6-7-17(16)21-12-22-18/h2-7,10,12H,8-9H2,1H3,(H,20,21,22). The SMILES string of the molecule is Cc1ccc(CCNc2ncnc3ccc(C#N)cc23)cc1. The predicted octanol–water partition coefficient (Wildman–Crippen LogP) is 3.46. The zero-order chi connectivity index (χ0) is 15.4. The number of hydrogen-bond acceptors (Lipinski definition) is 4. The van der Waals surface area contributed by atoms with Gasteiger partial charge in [0.2, 0.25) is 0 Å². The third-order valence-electron chi connectivity index (χ3n) is 3.59. The molecule has 0 radical (unpaired) electrons. The first kappa shape index (κ1) is 14.0. The number of aryl methyl sites for hydroxylation is 1. The molecule has 0 amide bonds. The summed E-state index contributed by atoms with van der Waals surface area (Å²) in [5.41, 5.74) is 4.01. The summed E-state index contributed by atoms with van der Waals surface area (Å²) in [5, 5.41) is 13.2. The molecule has 2 aromatic carbocycles. The van der Waals surface area contributed by atoms with E-state index >= 15 is 0 Å². The molecule has 3 rings (SSSR count). The van der Waals surface area contributed by atoms with Crippen molar-refractivity contribution in [3.05, 3.63) is 65.5 Å². The molecule has 108 valence electrons. The van der Waals surface area contributed by atoms with Gasteiger partial charge in [0.05, 0.1) is 17.1 Å². The van der Waals surface area contributed by atoms with Crippen LogP contribution < -0.4 is 5.32 Å². The fraction of sp³-hybridized carbons (Fsp3) is 0.167. The molecular formula is C18H16N4. The van der Waals surface area contributed by atoms with Gasteiger partial charge in [0.1, 0.15) is 12.1 Å². The van der Waals surface area contributed by atoms with E-state index in [1.165, 1.54) is 11.1 Å². The lowest BCUT2D eigenvalue weighted by Crippen LogP contribution is -2.07. The predicted molar refractivity (Wildman–Crippen MR) is 87.6 cm³/mol. The first-order chi connectivity index (χ1) is 10.8. The first-order valence-electron chi connectivity index (χ1n) is 7.20. The van der Waals surface area contributed by atoms with Crippen molar-refractivity contribution in [3.8, 4) is 6.07 Å². The second-order valence-electron chi connectivity index (χ2n) is 5.23. The molecule has 0 aliphatic rings. The molecule has 0 fully saturated rings. The third kappa shape index (κ3) is 3.04. The van der Waals surface area contributed by atoms with Crippen LogP contribution in [0, 0.1) is 18.3 Å². The fourth-order valence-corrected chi connectivity index (χ4v) is 2.35. The number of fused-ring (bicyclic) bond motifs is 1. The number of rotatable bonds is 4. The molecule has 0 atom stereocenters. The molecule has 1 aromatic heterocycles. The smallest absolute Gasteiger partial charge is 0.137 e. The van der Waals surface area contributed by atoms with E-state index in [9.17, 15) is 0 Å². The highest BCUT2D eigenvalue weighted by Gasteiger charge is 2.04. The van der Waals surface area contributed by atoms with Crippen LogP contribution in [0.15, 0.2) is 48.8 Å². The summed E-state index contributed by atoms with van der Waals surface area (Å²) < 4.78 is 0. The van der Waals surface area contributed by atoms with Crippen LogP contribution in [0.5, 0.6) is 0 Å². The quantitative estimate of drug-likeness (QED) is 0.798. The molecule has 0 aliphatic heterocycles. The molecule has 4 nitrogen and oxygen atoms in total. The topological polar surface area (TPSA) is 61.6 Å². The maximum Gasteiger partial charge on any atom is 0.137 e. The zero-order valence-corrected chi connectivity index (χ0v) is 12.4. The summed E-state index contributed by atoms with van der Waals surface area (Å²) in [6, 6.07) is 16.1. The van der Waals surface area contributed by atoms with Gasteiger partial charge in [-0.15, -0.1) is 0 Å². The van der Waals surface area contributed by atoms with Crippen molar-refractivity contribution in [2.45, 2.75) is 13.3 Å². The van der Waals surface area contributed by atoms with E-state index < -0.39 is 0 Å². The van der Waals surface area contributed by atoms with E-state index in [4.69, 9.17) is 5.26 Å². The highest BCUT2D eigenvalue weighted by molar-refractivity contribution is 5.89. The molecular weight excluding hydrogens is 272 g/mol. The maximum absolute atomic E-state index is 9.02. The summed E-state index contributed by atoms with van der Waals surface area (Å²) in [7, 11) is 0. The molecule has 1 heterocycles. The summed E-state index contributed by atoms with van der Waals surface area (Å²) in [6.45, 7) is 2.87. The van der Waals surface area contributed by atoms with Crippen LogP contribution in [-0.2, 0) is 6.42 Å². The van der Waals surface area contributed by atoms with E-state index in [2.05, 4.69) is 52.5 Å². The van der Waals surface area contributed by atoms with E-state index in [1.54, 1.807) is 12.4 Å². The van der Waals surface area contributed by atoms with Crippen molar-refractivity contribution in [2.75, 3.05) is 11.9 Å². The van der Waals surface area contributed by atoms with Crippen LogP contribution >= 0.6 is 0 Å². The van der Waals surface area contributed by atoms with Crippen molar-refractivity contribution in [3.63, 3.8) is 0 Å². The van der Waals surface area contributed by atoms with Crippen molar-refractivity contribution < 1.29 is 0 Å². The molecule has 0 saturated heterocycles. The van der Waals surface area contributed by atoms with E-state index in [1.807, 2.05) is 12.1 Å². The Kier molecular flexibility index (Phi) is 3.97. The first-order valence-corrected chi connectivity index (χ1v) is 7.20. The molecule has 22 heavy (non-hydrogen) atoms. The minimum absolute atomic E-state index is 0.615. The van der Waals surface area contributed by atoms with Gasteiger partial charge < -0.3 is 5.32 Å². The van der Waals surface area contributed by atoms with Crippen LogP contribution in [0.25, 0.3) is 10.9 Å². The lowest BCUT2D eigenvalue weighted by atomic mass is 10.1. The average molecular weight is 288 g/mol. The second kappa shape index (κ2) is 6.23. The Morgan fingerprint density at radius 1 is 1.09 bits per heavy atom. The van der Waals surface area contributed by atoms with E-state index in [0.29, 0.717) is 5.56 Å². The Morgan fingerprint density at radius 2 is 1.91 bits per heavy atom. The highest BCUT2D eigenvalue weighted by Crippen LogP contribution is 2.20. The lowest BCUT2D eigenvalue weighted by Gasteiger charge is -2.08. The van der Waals surface area contributed by atoms with Gasteiger partial charge in [0, 0.05) is 11.9 Å². The van der Waals surface area contributed by atoms with Crippen LogP contribution in [0.2, 0.25) is 0 Å². The van der Waals surface area contributed by atoms with Gasteiger partial charge >= 0.3 is 0 Å². The van der Waals surface area contributed by atoms with E-state index in [-0.39, 0.29) is 0 Å². The number of aromatic nitrogens is 2. The van der Waals surface area contributed by atoms with Crippen LogP contribution in [-0.4, -0.2) is 16.5 Å². The third-order valence-corrected chi connectivity index (χ3v) is 3.59. The Hall–Kier alpha value is -2.93. The van der Waals surface area contributed by atoms with Crippen molar-refractivity contribution in [2.24, 2.45) is 0 Å². The number of hydrogen-bond donors (Lipinski definition) is 1. The number of benzene rings is 2. The van der Waals surface area contributed by atoms with Gasteiger partial charge in [-0.05, 0) is 37.1 Å². The number of nitriles is 1. The molecule has 3 aromatic rings. The van der Waals surface area contributed by atoms with Gasteiger partial charge in [-0.2, -0.15) is 5.26 Å². The van der Waals surface area contributed by atoms with Gasteiger partial charge in [0.15, 0.2) is 0 Å². The molecule has 0 aliphatic carbocycles.